The van der Waals surface area contributed by atoms with Gasteiger partial charge in [-0.1, -0.05) is 18.2 Å². The zero-order valence-electron chi connectivity index (χ0n) is 16.3. The first kappa shape index (κ1) is 20.7. The van der Waals surface area contributed by atoms with E-state index in [4.69, 9.17) is 4.74 Å². The molecule has 0 radical (unpaired) electrons. The lowest BCUT2D eigenvalue weighted by Gasteiger charge is -2.10. The minimum absolute atomic E-state index is 0.116. The minimum atomic E-state index is -3.85. The lowest BCUT2D eigenvalue weighted by Crippen LogP contribution is -2.31. The summed E-state index contributed by atoms with van der Waals surface area (Å²) in [7, 11) is -3.85. The molecule has 0 aliphatic rings. The minimum Gasteiger partial charge on any atom is -0.458 e. The molecule has 1 N–H and O–H groups in total. The Bertz CT molecular complexity index is 1250. The van der Waals surface area contributed by atoms with Gasteiger partial charge in [0, 0.05) is 12.3 Å². The first-order valence-electron chi connectivity index (χ1n) is 8.87. The maximum Gasteiger partial charge on any atom is 0.321 e. The largest absolute Gasteiger partial charge is 0.458 e. The van der Waals surface area contributed by atoms with E-state index >= 15 is 0 Å². The number of aryl methyl sites for hydroxylation is 3. The van der Waals surface area contributed by atoms with Gasteiger partial charge in [0.2, 0.25) is 10.0 Å². The van der Waals surface area contributed by atoms with Crippen LogP contribution in [0.1, 0.15) is 22.4 Å². The fraction of sp³-hybridized carbons (Fsp3) is 0.250. The second-order valence-electron chi connectivity index (χ2n) is 6.77. The molecular formula is C20H21N3O5S. The standard InChI is InChI=1S/C20H21N3O5S/c1-13-4-6-15(3)17(8-13)29(26,27)21-10-20(25)28-12-16-9-19(24)23-11-14(2)5-7-18(23)22-16/h4-9,11,21H,10,12H2,1-3H3. The van der Waals surface area contributed by atoms with E-state index < -0.39 is 22.5 Å². The van der Waals surface area contributed by atoms with Crippen molar-refractivity contribution in [1.82, 2.24) is 14.1 Å². The molecule has 2 aromatic heterocycles. The van der Waals surface area contributed by atoms with E-state index in [1.54, 1.807) is 32.2 Å². The summed E-state index contributed by atoms with van der Waals surface area (Å²) >= 11 is 0. The van der Waals surface area contributed by atoms with E-state index in [1.807, 2.05) is 19.1 Å². The van der Waals surface area contributed by atoms with Gasteiger partial charge in [-0.05, 0) is 49.6 Å². The number of nitrogens with one attached hydrogen (secondary N) is 1. The molecule has 0 spiro atoms. The Morgan fingerprint density at radius 1 is 1.10 bits per heavy atom. The molecule has 152 valence electrons. The molecular weight excluding hydrogens is 394 g/mol. The van der Waals surface area contributed by atoms with Crippen molar-refractivity contribution in [3.05, 3.63) is 75.3 Å². The van der Waals surface area contributed by atoms with Crippen LogP contribution in [0.2, 0.25) is 0 Å². The fourth-order valence-electron chi connectivity index (χ4n) is 2.77. The lowest BCUT2D eigenvalue weighted by molar-refractivity contribution is -0.143. The Hall–Kier alpha value is -3.04. The number of esters is 1. The molecule has 3 aromatic rings. The highest BCUT2D eigenvalue weighted by atomic mass is 32.2. The maximum absolute atomic E-state index is 12.4. The Balaban J connectivity index is 1.64. The Morgan fingerprint density at radius 2 is 1.83 bits per heavy atom. The van der Waals surface area contributed by atoms with Gasteiger partial charge in [-0.15, -0.1) is 0 Å². The molecule has 0 unspecified atom stereocenters. The third kappa shape index (κ3) is 4.87. The summed E-state index contributed by atoms with van der Waals surface area (Å²) in [5.41, 5.74) is 2.71. The third-order valence-electron chi connectivity index (χ3n) is 4.28. The number of fused-ring (bicyclic) bond motifs is 1. The van der Waals surface area contributed by atoms with Crippen LogP contribution < -0.4 is 10.3 Å². The Labute approximate surface area is 168 Å². The Kier molecular flexibility index (Phi) is 5.81. The van der Waals surface area contributed by atoms with Crippen LogP contribution >= 0.6 is 0 Å². The normalized spacial score (nSPS) is 11.6. The highest BCUT2D eigenvalue weighted by molar-refractivity contribution is 7.89. The van der Waals surface area contributed by atoms with Gasteiger partial charge in [0.15, 0.2) is 0 Å². The zero-order chi connectivity index (χ0) is 21.2. The van der Waals surface area contributed by atoms with Crippen molar-refractivity contribution < 1.29 is 17.9 Å². The number of nitrogens with zero attached hydrogens (tertiary/aromatic N) is 2. The highest BCUT2D eigenvalue weighted by Gasteiger charge is 2.18. The first-order valence-corrected chi connectivity index (χ1v) is 10.4. The Morgan fingerprint density at radius 3 is 2.59 bits per heavy atom. The van der Waals surface area contributed by atoms with E-state index in [2.05, 4.69) is 9.71 Å². The van der Waals surface area contributed by atoms with Gasteiger partial charge < -0.3 is 4.74 Å². The lowest BCUT2D eigenvalue weighted by atomic mass is 10.2. The van der Waals surface area contributed by atoms with Crippen molar-refractivity contribution in [2.45, 2.75) is 32.3 Å². The number of pyridine rings is 1. The second kappa shape index (κ2) is 8.14. The molecule has 0 aliphatic carbocycles. The first-order chi connectivity index (χ1) is 13.7. The number of hydrogen-bond donors (Lipinski definition) is 1. The van der Waals surface area contributed by atoms with Gasteiger partial charge in [-0.25, -0.2) is 13.4 Å². The average Bonchev–Trinajstić information content (AvgIpc) is 2.67. The van der Waals surface area contributed by atoms with Crippen LogP contribution in [0.4, 0.5) is 0 Å². The molecule has 0 amide bonds. The van der Waals surface area contributed by atoms with E-state index in [1.165, 1.54) is 16.5 Å². The molecule has 0 aliphatic heterocycles. The summed E-state index contributed by atoms with van der Waals surface area (Å²) in [5.74, 6) is -0.773. The smallest absolute Gasteiger partial charge is 0.321 e. The summed E-state index contributed by atoms with van der Waals surface area (Å²) < 4.78 is 33.6. The number of aromatic nitrogens is 2. The highest BCUT2D eigenvalue weighted by Crippen LogP contribution is 2.16. The quantitative estimate of drug-likeness (QED) is 0.614. The second-order valence-corrected chi connectivity index (χ2v) is 8.51. The summed E-state index contributed by atoms with van der Waals surface area (Å²) in [6.07, 6.45) is 1.67. The number of rotatable bonds is 6. The van der Waals surface area contributed by atoms with Gasteiger partial charge in [-0.2, -0.15) is 4.72 Å². The zero-order valence-corrected chi connectivity index (χ0v) is 17.1. The molecule has 29 heavy (non-hydrogen) atoms. The average molecular weight is 415 g/mol. The van der Waals surface area contributed by atoms with Gasteiger partial charge in [0.05, 0.1) is 10.6 Å². The summed E-state index contributed by atoms with van der Waals surface area (Å²) in [5, 5.41) is 0. The number of hydrogen-bond acceptors (Lipinski definition) is 6. The molecule has 1 aromatic carbocycles. The predicted octanol–water partition coefficient (Wildman–Crippen LogP) is 1.64. The van der Waals surface area contributed by atoms with Gasteiger partial charge >= 0.3 is 5.97 Å². The number of ether oxygens (including phenoxy) is 1. The van der Waals surface area contributed by atoms with Crippen LogP contribution in [0.3, 0.4) is 0 Å². The van der Waals surface area contributed by atoms with Crippen LogP contribution in [0.5, 0.6) is 0 Å². The SMILES string of the molecule is Cc1ccc(C)c(S(=O)(=O)NCC(=O)OCc2cc(=O)n3cc(C)ccc3n2)c1. The van der Waals surface area contributed by atoms with Crippen molar-refractivity contribution in [2.75, 3.05) is 6.54 Å². The molecule has 9 heteroatoms. The summed E-state index contributed by atoms with van der Waals surface area (Å²) in [4.78, 5) is 28.5. The van der Waals surface area contributed by atoms with Gasteiger partial charge in [-0.3, -0.25) is 14.0 Å². The number of benzene rings is 1. The van der Waals surface area contributed by atoms with E-state index in [-0.39, 0.29) is 22.8 Å². The van der Waals surface area contributed by atoms with Gasteiger partial charge in [0.1, 0.15) is 18.8 Å². The molecule has 8 nitrogen and oxygen atoms in total. The predicted molar refractivity (Wildman–Crippen MR) is 107 cm³/mol. The monoisotopic (exact) mass is 415 g/mol. The van der Waals surface area contributed by atoms with Crippen molar-refractivity contribution in [1.29, 1.82) is 0 Å². The number of sulfonamides is 1. The molecule has 0 fully saturated rings. The fourth-order valence-corrected chi connectivity index (χ4v) is 4.06. The molecule has 0 atom stereocenters. The third-order valence-corrected chi connectivity index (χ3v) is 5.82. The molecule has 2 heterocycles. The van der Waals surface area contributed by atoms with E-state index in [9.17, 15) is 18.0 Å². The van der Waals surface area contributed by atoms with Gasteiger partial charge in [0.25, 0.3) is 5.56 Å². The number of carbonyl (C=O) groups is 1. The van der Waals surface area contributed by atoms with Crippen molar-refractivity contribution >= 4 is 21.6 Å². The van der Waals surface area contributed by atoms with Crippen LogP contribution in [0.25, 0.3) is 5.65 Å². The van der Waals surface area contributed by atoms with Crippen molar-refractivity contribution in [2.24, 2.45) is 0 Å². The van der Waals surface area contributed by atoms with Crippen molar-refractivity contribution in [3.63, 3.8) is 0 Å². The van der Waals surface area contributed by atoms with Crippen LogP contribution in [0, 0.1) is 20.8 Å². The van der Waals surface area contributed by atoms with Crippen molar-refractivity contribution in [3.8, 4) is 0 Å². The molecule has 0 bridgehead atoms. The molecule has 0 saturated carbocycles. The molecule has 3 rings (SSSR count). The van der Waals surface area contributed by atoms with Crippen LogP contribution in [0.15, 0.2) is 52.3 Å². The van der Waals surface area contributed by atoms with E-state index in [0.717, 1.165) is 11.1 Å². The topological polar surface area (TPSA) is 107 Å². The summed E-state index contributed by atoms with van der Waals surface area (Å²) in [6, 6.07) is 9.84. The maximum atomic E-state index is 12.4. The van der Waals surface area contributed by atoms with E-state index in [0.29, 0.717) is 11.2 Å². The van der Waals surface area contributed by atoms with Crippen LogP contribution in [-0.2, 0) is 26.2 Å². The molecule has 0 saturated heterocycles. The summed E-state index contributed by atoms with van der Waals surface area (Å²) in [6.45, 7) is 4.57. The van der Waals surface area contributed by atoms with Crippen LogP contribution in [-0.4, -0.2) is 30.3 Å². The number of carbonyl (C=O) groups excluding carboxylic acids is 1.